The van der Waals surface area contributed by atoms with Crippen molar-refractivity contribution in [3.63, 3.8) is 0 Å². The molecule has 0 heterocycles. The summed E-state index contributed by atoms with van der Waals surface area (Å²) in [6.07, 6.45) is 5.45. The van der Waals surface area contributed by atoms with Crippen molar-refractivity contribution in [2.45, 2.75) is 76.3 Å². The number of rotatable bonds is 13. The number of amides is 3. The summed E-state index contributed by atoms with van der Waals surface area (Å²) in [5, 5.41) is 24.9. The molecule has 1 aromatic rings. The summed E-state index contributed by atoms with van der Waals surface area (Å²) >= 11 is 0. The maximum Gasteiger partial charge on any atom is 0.475 e. The van der Waals surface area contributed by atoms with Crippen LogP contribution < -0.4 is 22.1 Å². The van der Waals surface area contributed by atoms with Crippen LogP contribution in [0, 0.1) is 0 Å². The van der Waals surface area contributed by atoms with Gasteiger partial charge in [-0.25, -0.2) is 0 Å². The van der Waals surface area contributed by atoms with Crippen molar-refractivity contribution in [3.8, 4) is 0 Å². The minimum Gasteiger partial charge on any atom is -0.426 e. The minimum absolute atomic E-state index is 0.0639. The second-order valence-electron chi connectivity index (χ2n) is 9.24. The molecule has 1 aliphatic carbocycles. The van der Waals surface area contributed by atoms with E-state index in [0.717, 1.165) is 37.7 Å². The van der Waals surface area contributed by atoms with Crippen LogP contribution >= 0.6 is 0 Å². The number of nitrogens with zero attached hydrogens (tertiary/aromatic N) is 2. The number of nitrogens with one attached hydrogen (secondary N) is 2. The molecule has 0 aromatic heterocycles. The van der Waals surface area contributed by atoms with Crippen molar-refractivity contribution >= 4 is 30.8 Å². The molecule has 3 amide bonds. The highest BCUT2D eigenvalue weighted by atomic mass is 16.4. The Morgan fingerprint density at radius 2 is 1.78 bits per heavy atom. The summed E-state index contributed by atoms with van der Waals surface area (Å²) in [5.74, 6) is -2.17. The molecule has 198 valence electrons. The van der Waals surface area contributed by atoms with Gasteiger partial charge >= 0.3 is 7.12 Å². The quantitative estimate of drug-likeness (QED) is 0.0904. The molecule has 2 rings (SSSR count). The van der Waals surface area contributed by atoms with E-state index in [1.54, 1.807) is 0 Å². The first-order valence-corrected chi connectivity index (χ1v) is 12.5. The van der Waals surface area contributed by atoms with Gasteiger partial charge in [0.1, 0.15) is 6.04 Å². The van der Waals surface area contributed by atoms with Crippen LogP contribution in [-0.2, 0) is 20.8 Å². The molecule has 1 fully saturated rings. The van der Waals surface area contributed by atoms with E-state index in [4.69, 9.17) is 11.5 Å². The molecule has 36 heavy (non-hydrogen) atoms. The number of hydrogen-bond donors (Lipinski definition) is 6. The van der Waals surface area contributed by atoms with Gasteiger partial charge in [-0.2, -0.15) is 0 Å². The van der Waals surface area contributed by atoms with Gasteiger partial charge in [0.15, 0.2) is 5.96 Å². The van der Waals surface area contributed by atoms with Crippen molar-refractivity contribution in [3.05, 3.63) is 35.9 Å². The fraction of sp³-hybridized carbons (Fsp3) is 0.583. The Morgan fingerprint density at radius 3 is 2.36 bits per heavy atom. The minimum atomic E-state index is -1.78. The van der Waals surface area contributed by atoms with Gasteiger partial charge in [0, 0.05) is 25.9 Å². The first-order valence-electron chi connectivity index (χ1n) is 12.5. The van der Waals surface area contributed by atoms with Crippen molar-refractivity contribution in [2.75, 3.05) is 13.1 Å². The maximum absolute atomic E-state index is 13.7. The van der Waals surface area contributed by atoms with Gasteiger partial charge in [-0.3, -0.25) is 19.4 Å². The van der Waals surface area contributed by atoms with E-state index in [0.29, 0.717) is 12.8 Å². The third-order valence-corrected chi connectivity index (χ3v) is 6.24. The van der Waals surface area contributed by atoms with E-state index in [9.17, 15) is 24.4 Å². The zero-order valence-corrected chi connectivity index (χ0v) is 20.9. The number of carbonyl (C=O) groups is 3. The monoisotopic (exact) mass is 502 g/mol. The van der Waals surface area contributed by atoms with Gasteiger partial charge in [-0.15, -0.1) is 0 Å². The highest BCUT2D eigenvalue weighted by Crippen LogP contribution is 2.23. The van der Waals surface area contributed by atoms with Gasteiger partial charge in [0.2, 0.25) is 17.7 Å². The van der Waals surface area contributed by atoms with E-state index < -0.39 is 25.0 Å². The van der Waals surface area contributed by atoms with E-state index in [1.807, 2.05) is 30.3 Å². The van der Waals surface area contributed by atoms with E-state index >= 15 is 0 Å². The lowest BCUT2D eigenvalue weighted by Gasteiger charge is -2.36. The van der Waals surface area contributed by atoms with Crippen LogP contribution in [0.15, 0.2) is 35.3 Å². The molecule has 1 saturated carbocycles. The standard InChI is InChI=1S/C24H39BN6O5/c1-17(32)29-20(15-18-9-4-2-5-10-18)23(34)31(19-11-6-3-7-12-19)16-22(33)30-21(25(35)36)13-8-14-28-24(26)27/h2,4-5,9-10,19-21,35-36H,3,6-8,11-16H2,1H3,(H,29,32)(H,30,33)(H4,26,27,28)/t20-,21+/m1/s1. The molecule has 0 saturated heterocycles. The molecular weight excluding hydrogens is 463 g/mol. The number of benzene rings is 1. The third-order valence-electron chi connectivity index (χ3n) is 6.24. The molecule has 0 bridgehead atoms. The lowest BCUT2D eigenvalue weighted by Crippen LogP contribution is -2.57. The number of nitrogens with two attached hydrogens (primary N) is 2. The van der Waals surface area contributed by atoms with Crippen LogP contribution in [0.4, 0.5) is 0 Å². The summed E-state index contributed by atoms with van der Waals surface area (Å²) in [6, 6.07) is 8.42. The normalized spacial score (nSPS) is 15.3. The van der Waals surface area contributed by atoms with E-state index in [2.05, 4.69) is 15.6 Å². The molecule has 0 spiro atoms. The first-order chi connectivity index (χ1) is 17.2. The maximum atomic E-state index is 13.7. The summed E-state index contributed by atoms with van der Waals surface area (Å²) < 4.78 is 0. The summed E-state index contributed by atoms with van der Waals surface area (Å²) in [6.45, 7) is 1.40. The first kappa shape index (κ1) is 29.1. The molecule has 2 atom stereocenters. The summed E-state index contributed by atoms with van der Waals surface area (Å²) in [4.78, 5) is 44.0. The van der Waals surface area contributed by atoms with Gasteiger partial charge in [0.25, 0.3) is 0 Å². The summed E-state index contributed by atoms with van der Waals surface area (Å²) in [7, 11) is -1.78. The van der Waals surface area contributed by atoms with Crippen LogP contribution in [0.3, 0.4) is 0 Å². The molecule has 0 aliphatic heterocycles. The second kappa shape index (κ2) is 15.1. The predicted molar refractivity (Wildman–Crippen MR) is 138 cm³/mol. The smallest absolute Gasteiger partial charge is 0.426 e. The average molecular weight is 502 g/mol. The number of aliphatic imine (C=N–C) groups is 1. The van der Waals surface area contributed by atoms with Gasteiger partial charge in [0.05, 0.1) is 12.5 Å². The molecule has 11 nitrogen and oxygen atoms in total. The lowest BCUT2D eigenvalue weighted by atomic mass is 9.76. The Kier molecular flexibility index (Phi) is 12.2. The second-order valence-corrected chi connectivity index (χ2v) is 9.24. The Morgan fingerprint density at radius 1 is 1.11 bits per heavy atom. The van der Waals surface area contributed by atoms with Crippen LogP contribution in [0.25, 0.3) is 0 Å². The average Bonchev–Trinajstić information content (AvgIpc) is 2.84. The SMILES string of the molecule is CC(=O)N[C@H](Cc1ccccc1)C(=O)N(CC(=O)N[C@@H](CCCN=C(N)N)B(O)O)C1CCCCC1. The Labute approximate surface area is 212 Å². The topological polar surface area (TPSA) is 183 Å². The van der Waals surface area contributed by atoms with Crippen LogP contribution in [0.1, 0.15) is 57.4 Å². The van der Waals surface area contributed by atoms with Crippen LogP contribution in [0.2, 0.25) is 0 Å². The third kappa shape index (κ3) is 10.2. The van der Waals surface area contributed by atoms with Crippen molar-refractivity contribution < 1.29 is 24.4 Å². The molecule has 1 aromatic carbocycles. The van der Waals surface area contributed by atoms with E-state index in [-0.39, 0.29) is 43.3 Å². The zero-order chi connectivity index (χ0) is 26.5. The van der Waals surface area contributed by atoms with E-state index in [1.165, 1.54) is 11.8 Å². The Bertz CT molecular complexity index is 875. The molecule has 12 heteroatoms. The predicted octanol–water partition coefficient (Wildman–Crippen LogP) is -0.554. The van der Waals surface area contributed by atoms with Gasteiger partial charge in [-0.05, 0) is 31.2 Å². The molecule has 1 aliphatic rings. The number of guanidine groups is 1. The molecular formula is C24H39BN6O5. The van der Waals surface area contributed by atoms with Crippen molar-refractivity contribution in [2.24, 2.45) is 16.5 Å². The van der Waals surface area contributed by atoms with Crippen LogP contribution in [-0.4, -0.2) is 76.9 Å². The van der Waals surface area contributed by atoms with Gasteiger partial charge < -0.3 is 37.0 Å². The fourth-order valence-electron chi connectivity index (χ4n) is 4.50. The largest absolute Gasteiger partial charge is 0.475 e. The van der Waals surface area contributed by atoms with Crippen molar-refractivity contribution in [1.29, 1.82) is 0 Å². The number of carbonyl (C=O) groups excluding carboxylic acids is 3. The molecule has 0 unspecified atom stereocenters. The lowest BCUT2D eigenvalue weighted by molar-refractivity contribution is -0.142. The van der Waals surface area contributed by atoms with Crippen molar-refractivity contribution in [1.82, 2.24) is 15.5 Å². The summed E-state index contributed by atoms with van der Waals surface area (Å²) in [5.41, 5.74) is 11.5. The highest BCUT2D eigenvalue weighted by molar-refractivity contribution is 6.43. The Hall–Kier alpha value is -3.12. The zero-order valence-electron chi connectivity index (χ0n) is 20.9. The van der Waals surface area contributed by atoms with Gasteiger partial charge in [-0.1, -0.05) is 49.6 Å². The molecule has 0 radical (unpaired) electrons. The fourth-order valence-corrected chi connectivity index (χ4v) is 4.50. The molecule has 8 N–H and O–H groups in total. The van der Waals surface area contributed by atoms with Crippen LogP contribution in [0.5, 0.6) is 0 Å². The number of hydrogen-bond acceptors (Lipinski definition) is 6. The Balaban J connectivity index is 2.15. The highest BCUT2D eigenvalue weighted by Gasteiger charge is 2.34.